The van der Waals surface area contributed by atoms with Gasteiger partial charge in [-0.25, -0.2) is 0 Å². The Bertz CT molecular complexity index is 1140. The number of thioether (sulfide) groups is 1. The van der Waals surface area contributed by atoms with Crippen molar-refractivity contribution in [2.75, 3.05) is 6.26 Å². The number of nitrogens with zero attached hydrogens (tertiary/aromatic N) is 2. The van der Waals surface area contributed by atoms with Crippen LogP contribution in [0, 0.1) is 34.0 Å². The summed E-state index contributed by atoms with van der Waals surface area (Å²) in [5.41, 5.74) is 3.66. The first kappa shape index (κ1) is 19.5. The largest absolute Gasteiger partial charge is 0.196 e. The molecule has 4 heteroatoms. The van der Waals surface area contributed by atoms with Crippen LogP contribution in [0.2, 0.25) is 0 Å². The van der Waals surface area contributed by atoms with Crippen molar-refractivity contribution in [1.82, 2.24) is 0 Å². The molecule has 0 fully saturated rings. The Morgan fingerprint density at radius 3 is 2.10 bits per heavy atom. The molecular weight excluding hydrogens is 440 g/mol. The van der Waals surface area contributed by atoms with Gasteiger partial charge in [-0.2, -0.15) is 10.5 Å². The zero-order chi connectivity index (χ0) is 20.4. The van der Waals surface area contributed by atoms with Gasteiger partial charge in [0.2, 0.25) is 0 Å². The van der Waals surface area contributed by atoms with E-state index in [-0.39, 0.29) is 5.92 Å². The molecule has 0 radical (unpaired) electrons. The summed E-state index contributed by atoms with van der Waals surface area (Å²) in [6.07, 6.45) is 11.9. The highest BCUT2D eigenvalue weighted by Gasteiger charge is 2.48. The standard InChI is InChI=1S/C25H17BrN2S/c1-29-22-11-9-18(10-12-22)17-5-7-19(8-6-17)23-13-20-3-2-4-21(26)14-24(20)25(23,15-27)16-28/h2-14,24H,1H3. The van der Waals surface area contributed by atoms with Crippen LogP contribution in [-0.4, -0.2) is 6.26 Å². The molecule has 0 heterocycles. The Morgan fingerprint density at radius 2 is 1.52 bits per heavy atom. The number of fused-ring (bicyclic) bond motifs is 1. The van der Waals surface area contributed by atoms with Gasteiger partial charge in [-0.1, -0.05) is 76.6 Å². The zero-order valence-corrected chi connectivity index (χ0v) is 18.2. The molecule has 0 amide bonds. The predicted molar refractivity (Wildman–Crippen MR) is 123 cm³/mol. The molecule has 2 aliphatic carbocycles. The smallest absolute Gasteiger partial charge is 0.179 e. The van der Waals surface area contributed by atoms with Crippen molar-refractivity contribution in [2.45, 2.75) is 4.90 Å². The highest BCUT2D eigenvalue weighted by atomic mass is 79.9. The van der Waals surface area contributed by atoms with E-state index in [1.54, 1.807) is 11.8 Å². The second-order valence-corrected chi connectivity index (χ2v) is 8.75. The Labute approximate surface area is 183 Å². The molecule has 29 heavy (non-hydrogen) atoms. The van der Waals surface area contributed by atoms with E-state index in [1.807, 2.05) is 42.5 Å². The Kier molecular flexibility index (Phi) is 5.33. The summed E-state index contributed by atoms with van der Waals surface area (Å²) < 4.78 is 0.877. The van der Waals surface area contributed by atoms with Crippen molar-refractivity contribution in [2.24, 2.45) is 11.3 Å². The van der Waals surface area contributed by atoms with E-state index in [9.17, 15) is 10.5 Å². The molecule has 4 rings (SSSR count). The molecule has 0 aliphatic heterocycles. The molecule has 0 N–H and O–H groups in total. The van der Waals surface area contributed by atoms with Crippen LogP contribution in [0.25, 0.3) is 16.7 Å². The molecule has 0 spiro atoms. The molecule has 2 aromatic carbocycles. The van der Waals surface area contributed by atoms with Crippen LogP contribution in [0.3, 0.4) is 0 Å². The van der Waals surface area contributed by atoms with E-state index in [2.05, 4.69) is 70.7 Å². The minimum absolute atomic E-state index is 0.296. The van der Waals surface area contributed by atoms with Crippen LogP contribution in [-0.2, 0) is 0 Å². The van der Waals surface area contributed by atoms with Gasteiger partial charge in [0.05, 0.1) is 12.1 Å². The minimum atomic E-state index is -1.24. The van der Waals surface area contributed by atoms with Gasteiger partial charge >= 0.3 is 0 Å². The van der Waals surface area contributed by atoms with Gasteiger partial charge in [-0.15, -0.1) is 11.8 Å². The van der Waals surface area contributed by atoms with Gasteiger partial charge in [0.15, 0.2) is 5.41 Å². The fourth-order valence-corrected chi connectivity index (χ4v) is 4.67. The quantitative estimate of drug-likeness (QED) is 0.471. The molecule has 0 saturated heterocycles. The first-order valence-corrected chi connectivity index (χ1v) is 11.2. The highest BCUT2D eigenvalue weighted by Crippen LogP contribution is 2.52. The monoisotopic (exact) mass is 456 g/mol. The highest BCUT2D eigenvalue weighted by molar-refractivity contribution is 9.11. The van der Waals surface area contributed by atoms with E-state index >= 15 is 0 Å². The summed E-state index contributed by atoms with van der Waals surface area (Å²) in [7, 11) is 0. The van der Waals surface area contributed by atoms with Crippen LogP contribution in [0.5, 0.6) is 0 Å². The van der Waals surface area contributed by atoms with Crippen molar-refractivity contribution in [1.29, 1.82) is 10.5 Å². The topological polar surface area (TPSA) is 47.6 Å². The van der Waals surface area contributed by atoms with E-state index < -0.39 is 5.41 Å². The summed E-state index contributed by atoms with van der Waals surface area (Å²) >= 11 is 5.23. The number of hydrogen-bond donors (Lipinski definition) is 0. The van der Waals surface area contributed by atoms with Crippen LogP contribution in [0.15, 0.2) is 93.9 Å². The second-order valence-electron chi connectivity index (χ2n) is 6.95. The van der Waals surface area contributed by atoms with Crippen molar-refractivity contribution in [3.8, 4) is 23.3 Å². The zero-order valence-electron chi connectivity index (χ0n) is 15.8. The third-order valence-electron chi connectivity index (χ3n) is 5.40. The van der Waals surface area contributed by atoms with Crippen LogP contribution < -0.4 is 0 Å². The minimum Gasteiger partial charge on any atom is -0.196 e. The Balaban J connectivity index is 1.74. The van der Waals surface area contributed by atoms with Gasteiger partial charge in [0.1, 0.15) is 0 Å². The molecule has 140 valence electrons. The summed E-state index contributed by atoms with van der Waals surface area (Å²) in [5, 5.41) is 20.1. The Hall–Kier alpha value is -2.79. The number of nitriles is 2. The maximum atomic E-state index is 10.0. The van der Waals surface area contributed by atoms with Gasteiger partial charge in [0, 0.05) is 15.3 Å². The molecule has 2 aromatic rings. The summed E-state index contributed by atoms with van der Waals surface area (Å²) in [6.45, 7) is 0. The SMILES string of the molecule is CSc1ccc(-c2ccc(C3=CC4=CC=CC(Br)=CC4C3(C#N)C#N)cc2)cc1. The molecule has 1 unspecified atom stereocenters. The van der Waals surface area contributed by atoms with E-state index in [0.29, 0.717) is 0 Å². The first-order chi connectivity index (χ1) is 14.1. The third kappa shape index (κ3) is 3.40. The molecule has 0 bridgehead atoms. The van der Waals surface area contributed by atoms with Gasteiger partial charge < -0.3 is 0 Å². The molecule has 2 nitrogen and oxygen atoms in total. The number of benzene rings is 2. The third-order valence-corrected chi connectivity index (χ3v) is 6.68. The second kappa shape index (κ2) is 7.91. The molecule has 0 saturated carbocycles. The summed E-state index contributed by atoms with van der Waals surface area (Å²) in [5.74, 6) is -0.296. The maximum Gasteiger partial charge on any atom is 0.179 e. The van der Waals surface area contributed by atoms with Crippen molar-refractivity contribution in [3.63, 3.8) is 0 Å². The fourth-order valence-electron chi connectivity index (χ4n) is 3.85. The normalized spacial score (nSPS) is 19.2. The Morgan fingerprint density at radius 1 is 0.931 bits per heavy atom. The van der Waals surface area contributed by atoms with Gasteiger partial charge in [-0.05, 0) is 52.3 Å². The summed E-state index contributed by atoms with van der Waals surface area (Å²) in [6, 6.07) is 21.2. The van der Waals surface area contributed by atoms with E-state index in [0.717, 1.165) is 32.3 Å². The summed E-state index contributed by atoms with van der Waals surface area (Å²) in [4.78, 5) is 1.23. The lowest BCUT2D eigenvalue weighted by Gasteiger charge is -2.23. The average Bonchev–Trinajstić information content (AvgIpc) is 2.94. The van der Waals surface area contributed by atoms with Crippen molar-refractivity contribution in [3.05, 3.63) is 94.5 Å². The predicted octanol–water partition coefficient (Wildman–Crippen LogP) is 6.90. The maximum absolute atomic E-state index is 10.0. The van der Waals surface area contributed by atoms with Crippen molar-refractivity contribution < 1.29 is 0 Å². The lowest BCUT2D eigenvalue weighted by Crippen LogP contribution is -2.24. The number of allylic oxidation sites excluding steroid dienone is 8. The van der Waals surface area contributed by atoms with Crippen LogP contribution in [0.1, 0.15) is 5.56 Å². The fraction of sp³-hybridized carbons (Fsp3) is 0.120. The molecular formula is C25H17BrN2S. The van der Waals surface area contributed by atoms with E-state index in [4.69, 9.17) is 0 Å². The van der Waals surface area contributed by atoms with Crippen LogP contribution >= 0.6 is 27.7 Å². The van der Waals surface area contributed by atoms with Crippen molar-refractivity contribution >= 4 is 33.3 Å². The lowest BCUT2D eigenvalue weighted by molar-refractivity contribution is 0.578. The number of hydrogen-bond acceptors (Lipinski definition) is 3. The van der Waals surface area contributed by atoms with Gasteiger partial charge in [0.25, 0.3) is 0 Å². The lowest BCUT2D eigenvalue weighted by atomic mass is 9.73. The molecule has 2 aliphatic rings. The average molecular weight is 457 g/mol. The molecule has 0 aromatic heterocycles. The number of rotatable bonds is 3. The first-order valence-electron chi connectivity index (χ1n) is 9.16. The van der Waals surface area contributed by atoms with E-state index in [1.165, 1.54) is 4.90 Å². The van der Waals surface area contributed by atoms with Gasteiger partial charge in [-0.3, -0.25) is 0 Å². The number of halogens is 1. The van der Waals surface area contributed by atoms with Crippen LogP contribution in [0.4, 0.5) is 0 Å². The molecule has 1 atom stereocenters.